The second-order valence-electron chi connectivity index (χ2n) is 5.05. The maximum absolute atomic E-state index is 13.0. The minimum absolute atomic E-state index is 0.00424. The Morgan fingerprint density at radius 3 is 2.88 bits per heavy atom. The molecule has 1 unspecified atom stereocenters. The Balaban J connectivity index is 1.88. The van der Waals surface area contributed by atoms with Gasteiger partial charge in [-0.2, -0.15) is 0 Å². The highest BCUT2D eigenvalue weighted by Crippen LogP contribution is 2.29. The molecule has 1 heterocycles. The third-order valence-electron chi connectivity index (χ3n) is 3.01. The smallest absolute Gasteiger partial charge is 0.137 e. The van der Waals surface area contributed by atoms with E-state index in [4.69, 9.17) is 4.74 Å². The SMILES string of the molecule is CC1(C)CCC(CNc2ccc(F)c(Br)c2)O1. The molecule has 2 rings (SSSR count). The monoisotopic (exact) mass is 301 g/mol. The fourth-order valence-electron chi connectivity index (χ4n) is 2.06. The molecule has 1 aromatic rings. The molecule has 0 bridgehead atoms. The van der Waals surface area contributed by atoms with Gasteiger partial charge in [-0.25, -0.2) is 4.39 Å². The highest BCUT2D eigenvalue weighted by molar-refractivity contribution is 9.10. The summed E-state index contributed by atoms with van der Waals surface area (Å²) in [4.78, 5) is 0. The Hall–Kier alpha value is -0.610. The summed E-state index contributed by atoms with van der Waals surface area (Å²) in [5.41, 5.74) is 0.905. The van der Waals surface area contributed by atoms with Crippen LogP contribution in [-0.4, -0.2) is 18.2 Å². The lowest BCUT2D eigenvalue weighted by molar-refractivity contribution is -0.00910. The van der Waals surface area contributed by atoms with Crippen LogP contribution in [-0.2, 0) is 4.74 Å². The molecule has 1 N–H and O–H groups in total. The van der Waals surface area contributed by atoms with Gasteiger partial charge in [-0.05, 0) is 60.8 Å². The van der Waals surface area contributed by atoms with E-state index in [0.29, 0.717) is 4.47 Å². The lowest BCUT2D eigenvalue weighted by Crippen LogP contribution is -2.24. The van der Waals surface area contributed by atoms with Crippen LogP contribution in [0.2, 0.25) is 0 Å². The lowest BCUT2D eigenvalue weighted by atomic mass is 10.1. The van der Waals surface area contributed by atoms with E-state index in [2.05, 4.69) is 35.1 Å². The van der Waals surface area contributed by atoms with Crippen molar-refractivity contribution in [3.63, 3.8) is 0 Å². The zero-order valence-corrected chi connectivity index (χ0v) is 11.7. The molecular weight excluding hydrogens is 285 g/mol. The van der Waals surface area contributed by atoms with Gasteiger partial charge < -0.3 is 10.1 Å². The van der Waals surface area contributed by atoms with Gasteiger partial charge in [0, 0.05) is 12.2 Å². The molecule has 17 heavy (non-hydrogen) atoms. The summed E-state index contributed by atoms with van der Waals surface area (Å²) in [6.07, 6.45) is 2.41. The van der Waals surface area contributed by atoms with E-state index < -0.39 is 0 Å². The van der Waals surface area contributed by atoms with Crippen molar-refractivity contribution in [3.8, 4) is 0 Å². The highest BCUT2D eigenvalue weighted by Gasteiger charge is 2.31. The van der Waals surface area contributed by atoms with Crippen LogP contribution in [0.1, 0.15) is 26.7 Å². The van der Waals surface area contributed by atoms with Gasteiger partial charge >= 0.3 is 0 Å². The summed E-state index contributed by atoms with van der Waals surface area (Å²) in [5.74, 6) is -0.242. The number of rotatable bonds is 3. The zero-order chi connectivity index (χ0) is 12.5. The number of hydrogen-bond donors (Lipinski definition) is 1. The molecule has 0 aromatic heterocycles. The van der Waals surface area contributed by atoms with Gasteiger partial charge in [0.2, 0.25) is 0 Å². The molecule has 1 saturated heterocycles. The second-order valence-corrected chi connectivity index (χ2v) is 5.90. The normalized spacial score (nSPS) is 22.7. The average molecular weight is 302 g/mol. The van der Waals surface area contributed by atoms with Crippen LogP contribution >= 0.6 is 15.9 Å². The molecule has 4 heteroatoms. The molecule has 0 saturated carbocycles. The topological polar surface area (TPSA) is 21.3 Å². The predicted molar refractivity (Wildman–Crippen MR) is 70.8 cm³/mol. The molecule has 1 aliphatic rings. The van der Waals surface area contributed by atoms with Crippen LogP contribution in [0.25, 0.3) is 0 Å². The van der Waals surface area contributed by atoms with Crippen molar-refractivity contribution in [2.75, 3.05) is 11.9 Å². The highest BCUT2D eigenvalue weighted by atomic mass is 79.9. The average Bonchev–Trinajstić information content (AvgIpc) is 2.60. The summed E-state index contributed by atoms with van der Waals surface area (Å²) in [6.45, 7) is 4.99. The quantitative estimate of drug-likeness (QED) is 0.912. The van der Waals surface area contributed by atoms with Crippen molar-refractivity contribution in [1.82, 2.24) is 0 Å². The first-order valence-electron chi connectivity index (χ1n) is 5.83. The number of nitrogens with one attached hydrogen (secondary N) is 1. The molecule has 1 aromatic carbocycles. The fourth-order valence-corrected chi connectivity index (χ4v) is 2.44. The van der Waals surface area contributed by atoms with Gasteiger partial charge in [-0.15, -0.1) is 0 Å². The van der Waals surface area contributed by atoms with E-state index in [1.165, 1.54) is 6.07 Å². The third kappa shape index (κ3) is 3.42. The molecule has 0 amide bonds. The van der Waals surface area contributed by atoms with Crippen molar-refractivity contribution < 1.29 is 9.13 Å². The van der Waals surface area contributed by atoms with Crippen LogP contribution in [0, 0.1) is 5.82 Å². The largest absolute Gasteiger partial charge is 0.382 e. The third-order valence-corrected chi connectivity index (χ3v) is 3.62. The molecular formula is C13H17BrFNO. The van der Waals surface area contributed by atoms with Gasteiger partial charge in [-0.3, -0.25) is 0 Å². The Morgan fingerprint density at radius 2 is 2.29 bits per heavy atom. The van der Waals surface area contributed by atoms with Crippen LogP contribution < -0.4 is 5.32 Å². The number of halogens is 2. The molecule has 1 aliphatic heterocycles. The van der Waals surface area contributed by atoms with Crippen LogP contribution in [0.5, 0.6) is 0 Å². The molecule has 0 aliphatic carbocycles. The molecule has 0 radical (unpaired) electrons. The van der Waals surface area contributed by atoms with Crippen molar-refractivity contribution in [3.05, 3.63) is 28.5 Å². The van der Waals surface area contributed by atoms with E-state index in [0.717, 1.165) is 25.1 Å². The van der Waals surface area contributed by atoms with Crippen LogP contribution in [0.4, 0.5) is 10.1 Å². The Bertz CT molecular complexity index is 408. The molecule has 2 nitrogen and oxygen atoms in total. The van der Waals surface area contributed by atoms with Gasteiger partial charge in [0.15, 0.2) is 0 Å². The minimum atomic E-state index is -0.242. The maximum Gasteiger partial charge on any atom is 0.137 e. The summed E-state index contributed by atoms with van der Waals surface area (Å²) < 4.78 is 19.4. The predicted octanol–water partition coefficient (Wildman–Crippen LogP) is 3.96. The van der Waals surface area contributed by atoms with E-state index >= 15 is 0 Å². The molecule has 0 spiro atoms. The van der Waals surface area contributed by atoms with Crippen LogP contribution in [0.3, 0.4) is 0 Å². The van der Waals surface area contributed by atoms with Gasteiger partial charge in [0.1, 0.15) is 5.82 Å². The number of hydrogen-bond acceptors (Lipinski definition) is 2. The summed E-state index contributed by atoms with van der Waals surface area (Å²) in [6, 6.07) is 4.93. The molecule has 1 atom stereocenters. The van der Waals surface area contributed by atoms with Crippen molar-refractivity contribution in [2.45, 2.75) is 38.4 Å². The van der Waals surface area contributed by atoms with Gasteiger partial charge in [0.25, 0.3) is 0 Å². The second kappa shape index (κ2) is 4.94. The van der Waals surface area contributed by atoms with Gasteiger partial charge in [0.05, 0.1) is 16.2 Å². The van der Waals surface area contributed by atoms with E-state index in [9.17, 15) is 4.39 Å². The number of benzene rings is 1. The first kappa shape index (κ1) is 12.8. The van der Waals surface area contributed by atoms with Crippen LogP contribution in [0.15, 0.2) is 22.7 Å². The maximum atomic E-state index is 13.0. The molecule has 1 fully saturated rings. The molecule has 94 valence electrons. The van der Waals surface area contributed by atoms with E-state index in [1.54, 1.807) is 12.1 Å². The van der Waals surface area contributed by atoms with E-state index in [1.807, 2.05) is 0 Å². The van der Waals surface area contributed by atoms with Gasteiger partial charge in [-0.1, -0.05) is 0 Å². The Morgan fingerprint density at radius 1 is 1.53 bits per heavy atom. The Labute approximate surface area is 110 Å². The first-order valence-corrected chi connectivity index (χ1v) is 6.62. The summed E-state index contributed by atoms with van der Waals surface area (Å²) in [5, 5.41) is 3.27. The van der Waals surface area contributed by atoms with Crippen molar-refractivity contribution in [2.24, 2.45) is 0 Å². The summed E-state index contributed by atoms with van der Waals surface area (Å²) in [7, 11) is 0. The minimum Gasteiger partial charge on any atom is -0.382 e. The van der Waals surface area contributed by atoms with E-state index in [-0.39, 0.29) is 17.5 Å². The fraction of sp³-hybridized carbons (Fsp3) is 0.538. The summed E-state index contributed by atoms with van der Waals surface area (Å²) >= 11 is 3.17. The van der Waals surface area contributed by atoms with Crippen molar-refractivity contribution >= 4 is 21.6 Å². The number of anilines is 1. The number of ether oxygens (including phenoxy) is 1. The zero-order valence-electron chi connectivity index (χ0n) is 10.1. The first-order chi connectivity index (χ1) is 7.96. The lowest BCUT2D eigenvalue weighted by Gasteiger charge is -2.19. The Kier molecular flexibility index (Phi) is 3.73. The standard InChI is InChI=1S/C13H17BrFNO/c1-13(2)6-5-10(17-13)8-16-9-3-4-12(15)11(14)7-9/h3-4,7,10,16H,5-6,8H2,1-2H3. The van der Waals surface area contributed by atoms with Crippen molar-refractivity contribution in [1.29, 1.82) is 0 Å².